The smallest absolute Gasteiger partial charge is 0.225 e. The van der Waals surface area contributed by atoms with Crippen molar-refractivity contribution in [3.8, 4) is 0 Å². The van der Waals surface area contributed by atoms with Gasteiger partial charge in [0.15, 0.2) is 0 Å². The van der Waals surface area contributed by atoms with E-state index >= 15 is 0 Å². The van der Waals surface area contributed by atoms with Crippen molar-refractivity contribution in [2.75, 3.05) is 53.4 Å². The van der Waals surface area contributed by atoms with Crippen LogP contribution in [0.1, 0.15) is 32.1 Å². The number of nitrogens with zero attached hydrogens (tertiary/aromatic N) is 3. The maximum atomic E-state index is 12.2. The number of nitrogens with one attached hydrogen (secondary N) is 1. The third-order valence-electron chi connectivity index (χ3n) is 4.69. The molecule has 0 bridgehead atoms. The van der Waals surface area contributed by atoms with Crippen LogP contribution < -0.4 is 5.32 Å². The molecule has 2 fully saturated rings. The third kappa shape index (κ3) is 5.47. The second kappa shape index (κ2) is 9.01. The Balaban J connectivity index is 1.62. The molecule has 7 nitrogen and oxygen atoms in total. The molecule has 3 amide bonds. The molecule has 0 aromatic rings. The fraction of sp³-hybridized carbons (Fsp3) is 0.824. The first-order valence-electron chi connectivity index (χ1n) is 8.95. The van der Waals surface area contributed by atoms with Crippen molar-refractivity contribution < 1.29 is 14.4 Å². The molecule has 2 aliphatic heterocycles. The van der Waals surface area contributed by atoms with Crippen LogP contribution in [0.5, 0.6) is 0 Å². The van der Waals surface area contributed by atoms with Gasteiger partial charge in [0.2, 0.25) is 17.7 Å². The van der Waals surface area contributed by atoms with E-state index in [1.165, 1.54) is 0 Å². The van der Waals surface area contributed by atoms with Gasteiger partial charge >= 0.3 is 0 Å². The van der Waals surface area contributed by atoms with E-state index in [1.54, 1.807) is 4.90 Å². The van der Waals surface area contributed by atoms with Crippen molar-refractivity contribution in [2.24, 2.45) is 5.92 Å². The van der Waals surface area contributed by atoms with E-state index in [0.29, 0.717) is 32.5 Å². The highest BCUT2D eigenvalue weighted by Gasteiger charge is 2.33. The van der Waals surface area contributed by atoms with Crippen LogP contribution >= 0.6 is 0 Å². The molecule has 2 aliphatic rings. The van der Waals surface area contributed by atoms with Crippen LogP contribution in [0.25, 0.3) is 0 Å². The lowest BCUT2D eigenvalue weighted by atomic mass is 10.1. The molecule has 24 heavy (non-hydrogen) atoms. The van der Waals surface area contributed by atoms with Gasteiger partial charge in [-0.25, -0.2) is 0 Å². The Bertz CT molecular complexity index is 467. The van der Waals surface area contributed by atoms with Crippen molar-refractivity contribution in [1.82, 2.24) is 20.0 Å². The first kappa shape index (κ1) is 18.7. The van der Waals surface area contributed by atoms with Gasteiger partial charge in [-0.3, -0.25) is 14.4 Å². The minimum atomic E-state index is -0.231. The van der Waals surface area contributed by atoms with Crippen LogP contribution in [-0.4, -0.2) is 85.8 Å². The van der Waals surface area contributed by atoms with Gasteiger partial charge in [0, 0.05) is 45.6 Å². The Kier molecular flexibility index (Phi) is 7.02. The van der Waals surface area contributed by atoms with Gasteiger partial charge < -0.3 is 20.0 Å². The summed E-state index contributed by atoms with van der Waals surface area (Å²) >= 11 is 0. The van der Waals surface area contributed by atoms with E-state index in [1.807, 2.05) is 19.0 Å². The van der Waals surface area contributed by atoms with E-state index in [4.69, 9.17) is 0 Å². The van der Waals surface area contributed by atoms with Gasteiger partial charge in [-0.15, -0.1) is 0 Å². The Hall–Kier alpha value is -1.63. The summed E-state index contributed by atoms with van der Waals surface area (Å²) in [4.78, 5) is 41.5. The molecule has 2 heterocycles. The lowest BCUT2D eigenvalue weighted by Gasteiger charge is -2.18. The summed E-state index contributed by atoms with van der Waals surface area (Å²) in [6, 6.07) is 0. The lowest BCUT2D eigenvalue weighted by molar-refractivity contribution is -0.129. The molecule has 0 aromatic heterocycles. The number of amides is 3. The van der Waals surface area contributed by atoms with Gasteiger partial charge in [0.05, 0.1) is 5.92 Å². The quantitative estimate of drug-likeness (QED) is 0.597. The second-order valence-corrected chi connectivity index (χ2v) is 7.03. The molecule has 0 aliphatic carbocycles. The molecule has 1 atom stereocenters. The van der Waals surface area contributed by atoms with Crippen molar-refractivity contribution in [1.29, 1.82) is 0 Å². The number of carbonyl (C=O) groups is 3. The minimum absolute atomic E-state index is 0.0359. The van der Waals surface area contributed by atoms with Crippen LogP contribution in [0.2, 0.25) is 0 Å². The van der Waals surface area contributed by atoms with E-state index < -0.39 is 0 Å². The monoisotopic (exact) mass is 338 g/mol. The van der Waals surface area contributed by atoms with Crippen LogP contribution in [0.4, 0.5) is 0 Å². The van der Waals surface area contributed by atoms with Crippen LogP contribution in [0.15, 0.2) is 0 Å². The SMILES string of the molecule is CN(C)CCCN1CC(C(=O)NCCCN2CCCC2=O)CC1=O. The fourth-order valence-electron chi connectivity index (χ4n) is 3.31. The standard InChI is InChI=1S/C17H30N4O3/c1-19(2)8-5-11-21-13-14(12-16(21)23)17(24)18-7-4-10-20-9-3-6-15(20)22/h14H,3-13H2,1-2H3,(H,18,24). The van der Waals surface area contributed by atoms with E-state index in [-0.39, 0.29) is 23.6 Å². The number of hydrogen-bond acceptors (Lipinski definition) is 4. The van der Waals surface area contributed by atoms with Crippen molar-refractivity contribution in [3.05, 3.63) is 0 Å². The summed E-state index contributed by atoms with van der Waals surface area (Å²) in [5, 5.41) is 2.91. The first-order chi connectivity index (χ1) is 11.5. The van der Waals surface area contributed by atoms with E-state index in [0.717, 1.165) is 38.9 Å². The predicted octanol–water partition coefficient (Wildman–Crippen LogP) is -0.0847. The molecule has 7 heteroatoms. The summed E-state index contributed by atoms with van der Waals surface area (Å²) in [5.74, 6) is 0.0316. The molecular weight excluding hydrogens is 308 g/mol. The second-order valence-electron chi connectivity index (χ2n) is 7.03. The zero-order valence-electron chi connectivity index (χ0n) is 14.9. The average molecular weight is 338 g/mol. The fourth-order valence-corrected chi connectivity index (χ4v) is 3.31. The molecule has 1 N–H and O–H groups in total. The summed E-state index contributed by atoms with van der Waals surface area (Å²) in [6.45, 7) is 4.30. The molecule has 0 aromatic carbocycles. The Morgan fingerprint density at radius 2 is 1.92 bits per heavy atom. The first-order valence-corrected chi connectivity index (χ1v) is 8.95. The van der Waals surface area contributed by atoms with Crippen molar-refractivity contribution in [2.45, 2.75) is 32.1 Å². The third-order valence-corrected chi connectivity index (χ3v) is 4.69. The van der Waals surface area contributed by atoms with E-state index in [9.17, 15) is 14.4 Å². The zero-order chi connectivity index (χ0) is 17.5. The highest BCUT2D eigenvalue weighted by Crippen LogP contribution is 2.18. The maximum absolute atomic E-state index is 12.2. The summed E-state index contributed by atoms with van der Waals surface area (Å²) in [6.07, 6.45) is 3.61. The summed E-state index contributed by atoms with van der Waals surface area (Å²) in [5.41, 5.74) is 0. The number of hydrogen-bond donors (Lipinski definition) is 1. The average Bonchev–Trinajstić information content (AvgIpc) is 3.10. The van der Waals surface area contributed by atoms with Crippen molar-refractivity contribution in [3.63, 3.8) is 0 Å². The van der Waals surface area contributed by atoms with Gasteiger partial charge in [-0.2, -0.15) is 0 Å². The van der Waals surface area contributed by atoms with Gasteiger partial charge in [-0.05, 0) is 39.9 Å². The topological polar surface area (TPSA) is 73.0 Å². The molecule has 1 unspecified atom stereocenters. The Labute approximate surface area is 144 Å². The van der Waals surface area contributed by atoms with Crippen LogP contribution in [0.3, 0.4) is 0 Å². The summed E-state index contributed by atoms with van der Waals surface area (Å²) in [7, 11) is 4.02. The van der Waals surface area contributed by atoms with Gasteiger partial charge in [0.25, 0.3) is 0 Å². The molecule has 136 valence electrons. The largest absolute Gasteiger partial charge is 0.356 e. The molecular formula is C17H30N4O3. The zero-order valence-corrected chi connectivity index (χ0v) is 14.9. The highest BCUT2D eigenvalue weighted by atomic mass is 16.2. The summed E-state index contributed by atoms with van der Waals surface area (Å²) < 4.78 is 0. The predicted molar refractivity (Wildman–Crippen MR) is 91.3 cm³/mol. The minimum Gasteiger partial charge on any atom is -0.356 e. The highest BCUT2D eigenvalue weighted by molar-refractivity contribution is 5.89. The molecule has 0 radical (unpaired) electrons. The maximum Gasteiger partial charge on any atom is 0.225 e. The molecule has 0 saturated carbocycles. The number of rotatable bonds is 9. The normalized spacial score (nSPS) is 21.2. The Morgan fingerprint density at radius 1 is 1.17 bits per heavy atom. The van der Waals surface area contributed by atoms with Crippen LogP contribution in [0, 0.1) is 5.92 Å². The molecule has 2 rings (SSSR count). The molecule has 2 saturated heterocycles. The van der Waals surface area contributed by atoms with Gasteiger partial charge in [-0.1, -0.05) is 0 Å². The van der Waals surface area contributed by atoms with Crippen LogP contribution in [-0.2, 0) is 14.4 Å². The lowest BCUT2D eigenvalue weighted by Crippen LogP contribution is -2.35. The Morgan fingerprint density at radius 3 is 2.58 bits per heavy atom. The number of likely N-dealkylation sites (tertiary alicyclic amines) is 2. The number of carbonyl (C=O) groups excluding carboxylic acids is 3. The van der Waals surface area contributed by atoms with Crippen molar-refractivity contribution >= 4 is 17.7 Å². The van der Waals surface area contributed by atoms with E-state index in [2.05, 4.69) is 10.2 Å². The molecule has 0 spiro atoms. The van der Waals surface area contributed by atoms with Gasteiger partial charge in [0.1, 0.15) is 0 Å².